The summed E-state index contributed by atoms with van der Waals surface area (Å²) in [5.41, 5.74) is 0.373. The largest absolute Gasteiger partial charge is 0.449 e. The topological polar surface area (TPSA) is 28.7 Å². The van der Waals surface area contributed by atoms with Crippen molar-refractivity contribution in [3.05, 3.63) is 27.9 Å². The van der Waals surface area contributed by atoms with Crippen molar-refractivity contribution in [3.8, 4) is 10.6 Å². The van der Waals surface area contributed by atoms with Crippen molar-refractivity contribution < 1.29 is 13.2 Å². The van der Waals surface area contributed by atoms with Crippen molar-refractivity contribution in [1.82, 2.24) is 9.97 Å². The van der Waals surface area contributed by atoms with E-state index in [0.29, 0.717) is 10.6 Å². The molecular formula is C8H4BrF3N2S. The fraction of sp³-hybridized carbons (Fsp3) is 0.125. The van der Waals surface area contributed by atoms with E-state index in [0.717, 1.165) is 3.79 Å². The van der Waals surface area contributed by atoms with Crippen LogP contribution in [0.4, 0.5) is 13.2 Å². The summed E-state index contributed by atoms with van der Waals surface area (Å²) < 4.78 is 37.5. The summed E-state index contributed by atoms with van der Waals surface area (Å²) in [4.78, 5) is 6.23. The maximum absolute atomic E-state index is 12.2. The maximum Gasteiger partial charge on any atom is 0.449 e. The second kappa shape index (κ2) is 3.64. The highest BCUT2D eigenvalue weighted by Gasteiger charge is 2.34. The Morgan fingerprint density at radius 3 is 2.53 bits per heavy atom. The Balaban J connectivity index is 2.36. The zero-order chi connectivity index (χ0) is 11.1. The van der Waals surface area contributed by atoms with Gasteiger partial charge in [0.2, 0.25) is 5.82 Å². The van der Waals surface area contributed by atoms with Crippen molar-refractivity contribution in [3.63, 3.8) is 0 Å². The number of rotatable bonds is 1. The quantitative estimate of drug-likeness (QED) is 0.849. The molecule has 0 aliphatic heterocycles. The molecule has 0 saturated heterocycles. The fourth-order valence-corrected chi connectivity index (χ4v) is 2.40. The van der Waals surface area contributed by atoms with E-state index in [1.165, 1.54) is 17.5 Å². The minimum absolute atomic E-state index is 0.373. The molecule has 7 heteroatoms. The Morgan fingerprint density at radius 1 is 1.33 bits per heavy atom. The Kier molecular flexibility index (Phi) is 2.59. The summed E-state index contributed by atoms with van der Waals surface area (Å²) in [5.74, 6) is -0.970. The molecule has 2 nitrogen and oxygen atoms in total. The molecule has 1 N–H and O–H groups in total. The first kappa shape index (κ1) is 10.7. The summed E-state index contributed by atoms with van der Waals surface area (Å²) in [7, 11) is 0. The standard InChI is InChI=1S/C8H4BrF3N2S/c9-6-2-1-5(15-6)4-3-13-7(14-4)8(10,11)12/h1-3H,(H,13,14). The maximum atomic E-state index is 12.2. The number of imidazole rings is 1. The molecule has 0 aliphatic carbocycles. The summed E-state index contributed by atoms with van der Waals surface area (Å²) in [6, 6.07) is 3.50. The van der Waals surface area contributed by atoms with Crippen molar-refractivity contribution in [1.29, 1.82) is 0 Å². The van der Waals surface area contributed by atoms with Gasteiger partial charge >= 0.3 is 6.18 Å². The van der Waals surface area contributed by atoms with Crippen molar-refractivity contribution in [2.24, 2.45) is 0 Å². The van der Waals surface area contributed by atoms with Crippen molar-refractivity contribution in [2.45, 2.75) is 6.18 Å². The third kappa shape index (κ3) is 2.23. The number of thiophene rings is 1. The van der Waals surface area contributed by atoms with Gasteiger partial charge in [-0.3, -0.25) is 0 Å². The number of nitrogens with zero attached hydrogens (tertiary/aromatic N) is 1. The van der Waals surface area contributed by atoms with Crippen LogP contribution in [0.2, 0.25) is 0 Å². The highest BCUT2D eigenvalue weighted by Crippen LogP contribution is 2.33. The minimum Gasteiger partial charge on any atom is -0.334 e. The third-order valence-electron chi connectivity index (χ3n) is 1.68. The number of hydrogen-bond donors (Lipinski definition) is 1. The molecule has 2 heterocycles. The molecule has 80 valence electrons. The average Bonchev–Trinajstić information content (AvgIpc) is 2.69. The molecule has 2 rings (SSSR count). The van der Waals surface area contributed by atoms with Gasteiger partial charge in [0, 0.05) is 0 Å². The molecule has 2 aromatic heterocycles. The monoisotopic (exact) mass is 296 g/mol. The first-order chi connectivity index (χ1) is 6.97. The molecule has 0 spiro atoms. The smallest absolute Gasteiger partial charge is 0.334 e. The van der Waals surface area contributed by atoms with Gasteiger partial charge < -0.3 is 4.98 Å². The molecule has 0 fully saturated rings. The van der Waals surface area contributed by atoms with Gasteiger partial charge in [-0.1, -0.05) is 0 Å². The number of aromatic nitrogens is 2. The van der Waals surface area contributed by atoms with E-state index in [1.54, 1.807) is 12.1 Å². The van der Waals surface area contributed by atoms with Gasteiger partial charge in [-0.2, -0.15) is 13.2 Å². The lowest BCUT2D eigenvalue weighted by atomic mass is 10.4. The van der Waals surface area contributed by atoms with Gasteiger partial charge in [-0.05, 0) is 28.1 Å². The Labute approximate surface area is 95.3 Å². The molecule has 0 bridgehead atoms. The molecule has 0 saturated carbocycles. The molecule has 0 aliphatic rings. The van der Waals surface area contributed by atoms with E-state index < -0.39 is 12.0 Å². The van der Waals surface area contributed by atoms with Crippen LogP contribution >= 0.6 is 27.3 Å². The van der Waals surface area contributed by atoms with Crippen LogP contribution in [0.25, 0.3) is 10.6 Å². The zero-order valence-corrected chi connectivity index (χ0v) is 9.50. The zero-order valence-electron chi connectivity index (χ0n) is 7.10. The van der Waals surface area contributed by atoms with Crippen LogP contribution in [0.3, 0.4) is 0 Å². The molecule has 0 atom stereocenters. The predicted octanol–water partition coefficient (Wildman–Crippen LogP) is 3.92. The number of halogens is 4. The summed E-state index contributed by atoms with van der Waals surface area (Å²) in [6.45, 7) is 0. The van der Waals surface area contributed by atoms with Gasteiger partial charge in [0.15, 0.2) is 0 Å². The predicted molar refractivity (Wildman–Crippen MR) is 54.6 cm³/mol. The van der Waals surface area contributed by atoms with Crippen LogP contribution in [-0.2, 0) is 6.18 Å². The summed E-state index contributed by atoms with van der Waals surface area (Å²) >= 11 is 4.58. The lowest BCUT2D eigenvalue weighted by Crippen LogP contribution is -2.06. The number of hydrogen-bond acceptors (Lipinski definition) is 2. The summed E-state index contributed by atoms with van der Waals surface area (Å²) in [5, 5.41) is 0. The Bertz CT molecular complexity index is 474. The molecule has 0 amide bonds. The van der Waals surface area contributed by atoms with E-state index in [2.05, 4.69) is 25.9 Å². The van der Waals surface area contributed by atoms with Gasteiger partial charge in [0.25, 0.3) is 0 Å². The van der Waals surface area contributed by atoms with Gasteiger partial charge in [-0.15, -0.1) is 11.3 Å². The molecule has 15 heavy (non-hydrogen) atoms. The van der Waals surface area contributed by atoms with Gasteiger partial charge in [0.1, 0.15) is 0 Å². The fourth-order valence-electron chi connectivity index (χ4n) is 1.05. The van der Waals surface area contributed by atoms with Crippen LogP contribution in [-0.4, -0.2) is 9.97 Å². The molecule has 2 aromatic rings. The molecular weight excluding hydrogens is 293 g/mol. The van der Waals surface area contributed by atoms with Crippen molar-refractivity contribution >= 4 is 27.3 Å². The second-order valence-electron chi connectivity index (χ2n) is 2.75. The van der Waals surface area contributed by atoms with Crippen LogP contribution in [0.5, 0.6) is 0 Å². The van der Waals surface area contributed by atoms with Crippen LogP contribution in [0.1, 0.15) is 5.82 Å². The van der Waals surface area contributed by atoms with Crippen molar-refractivity contribution in [2.75, 3.05) is 0 Å². The first-order valence-corrected chi connectivity index (χ1v) is 5.45. The second-order valence-corrected chi connectivity index (χ2v) is 5.21. The molecule has 0 aromatic carbocycles. The number of aromatic amines is 1. The third-order valence-corrected chi connectivity index (χ3v) is 3.34. The minimum atomic E-state index is -4.42. The van der Waals surface area contributed by atoms with E-state index in [9.17, 15) is 13.2 Å². The average molecular weight is 297 g/mol. The summed E-state index contributed by atoms with van der Waals surface area (Å²) in [6.07, 6.45) is -3.24. The number of alkyl halides is 3. The number of nitrogens with one attached hydrogen (secondary N) is 1. The SMILES string of the molecule is FC(F)(F)c1ncc(-c2ccc(Br)s2)[nH]1. The first-order valence-electron chi connectivity index (χ1n) is 3.85. The van der Waals surface area contributed by atoms with Gasteiger partial charge in [0.05, 0.1) is 20.6 Å². The van der Waals surface area contributed by atoms with Crippen LogP contribution in [0, 0.1) is 0 Å². The lowest BCUT2D eigenvalue weighted by molar-refractivity contribution is -0.144. The van der Waals surface area contributed by atoms with E-state index >= 15 is 0 Å². The highest BCUT2D eigenvalue weighted by atomic mass is 79.9. The van der Waals surface area contributed by atoms with E-state index in [4.69, 9.17) is 0 Å². The van der Waals surface area contributed by atoms with Crippen LogP contribution in [0.15, 0.2) is 22.1 Å². The molecule has 0 radical (unpaired) electrons. The number of H-pyrrole nitrogens is 1. The lowest BCUT2D eigenvalue weighted by Gasteiger charge is -1.99. The normalized spacial score (nSPS) is 12.0. The Hall–Kier alpha value is -0.820. The molecule has 0 unspecified atom stereocenters. The van der Waals surface area contributed by atoms with E-state index in [1.807, 2.05) is 0 Å². The van der Waals surface area contributed by atoms with Gasteiger partial charge in [-0.25, -0.2) is 4.98 Å². The Morgan fingerprint density at radius 2 is 2.07 bits per heavy atom. The highest BCUT2D eigenvalue weighted by molar-refractivity contribution is 9.11. The van der Waals surface area contributed by atoms with Crippen LogP contribution < -0.4 is 0 Å². The van der Waals surface area contributed by atoms with E-state index in [-0.39, 0.29) is 0 Å².